The average molecular weight is 260 g/mol. The van der Waals surface area contributed by atoms with E-state index in [4.69, 9.17) is 5.11 Å². The van der Waals surface area contributed by atoms with Crippen LogP contribution < -0.4 is 4.90 Å². The lowest BCUT2D eigenvalue weighted by Crippen LogP contribution is -2.23. The van der Waals surface area contributed by atoms with Gasteiger partial charge < -0.3 is 10.0 Å². The first-order valence-corrected chi connectivity index (χ1v) is 5.25. The van der Waals surface area contributed by atoms with Crippen molar-refractivity contribution in [3.63, 3.8) is 0 Å². The van der Waals surface area contributed by atoms with E-state index in [1.807, 2.05) is 11.9 Å². The molecule has 1 N–H and O–H groups in total. The zero-order valence-electron chi connectivity index (χ0n) is 8.31. The molecule has 0 radical (unpaired) electrons. The number of hydrogen-bond donors (Lipinski definition) is 1. The average Bonchev–Trinajstić information content (AvgIpc) is 2.15. The van der Waals surface area contributed by atoms with Gasteiger partial charge >= 0.3 is 0 Å². The van der Waals surface area contributed by atoms with Crippen molar-refractivity contribution in [2.75, 3.05) is 18.5 Å². The van der Waals surface area contributed by atoms with Crippen LogP contribution in [0.2, 0.25) is 0 Å². The van der Waals surface area contributed by atoms with Crippen LogP contribution in [0.15, 0.2) is 16.9 Å². The molecule has 1 aromatic heterocycles. The smallest absolute Gasteiger partial charge is 0.225 e. The van der Waals surface area contributed by atoms with Gasteiger partial charge in [0.15, 0.2) is 0 Å². The van der Waals surface area contributed by atoms with Gasteiger partial charge in [0.05, 0.1) is 10.6 Å². The molecule has 78 valence electrons. The van der Waals surface area contributed by atoms with Crippen LogP contribution in [0.4, 0.5) is 5.95 Å². The quantitative estimate of drug-likeness (QED) is 0.890. The Bertz CT molecular complexity index is 276. The summed E-state index contributed by atoms with van der Waals surface area (Å²) in [5.41, 5.74) is 0. The van der Waals surface area contributed by atoms with E-state index in [1.165, 1.54) is 0 Å². The van der Waals surface area contributed by atoms with Gasteiger partial charge in [0, 0.05) is 26.0 Å². The van der Waals surface area contributed by atoms with E-state index in [0.29, 0.717) is 5.95 Å². The highest BCUT2D eigenvalue weighted by Crippen LogP contribution is 2.10. The van der Waals surface area contributed by atoms with Crippen molar-refractivity contribution >= 4 is 21.9 Å². The third-order valence-electron chi connectivity index (χ3n) is 1.83. The molecule has 4 nitrogen and oxygen atoms in total. The van der Waals surface area contributed by atoms with Gasteiger partial charge in [-0.2, -0.15) is 0 Å². The van der Waals surface area contributed by atoms with Crippen LogP contribution in [0, 0.1) is 0 Å². The number of nitrogens with zero attached hydrogens (tertiary/aromatic N) is 3. The molecule has 0 saturated heterocycles. The molecule has 0 amide bonds. The summed E-state index contributed by atoms with van der Waals surface area (Å²) in [6.45, 7) is 2.52. The highest BCUT2D eigenvalue weighted by molar-refractivity contribution is 9.10. The van der Waals surface area contributed by atoms with Crippen molar-refractivity contribution in [2.45, 2.75) is 19.4 Å². The van der Waals surface area contributed by atoms with Crippen LogP contribution in [0.1, 0.15) is 13.3 Å². The minimum atomic E-state index is -0.284. The third kappa shape index (κ3) is 3.59. The highest BCUT2D eigenvalue weighted by Gasteiger charge is 2.04. The van der Waals surface area contributed by atoms with Crippen molar-refractivity contribution in [3.8, 4) is 0 Å². The fourth-order valence-corrected chi connectivity index (χ4v) is 1.19. The highest BCUT2D eigenvalue weighted by atomic mass is 79.9. The number of rotatable bonds is 4. The Labute approximate surface area is 92.1 Å². The largest absolute Gasteiger partial charge is 0.393 e. The summed E-state index contributed by atoms with van der Waals surface area (Å²) in [5.74, 6) is 0.675. The summed E-state index contributed by atoms with van der Waals surface area (Å²) in [6.07, 6.45) is 3.85. The van der Waals surface area contributed by atoms with Gasteiger partial charge in [-0.1, -0.05) is 0 Å². The summed E-state index contributed by atoms with van der Waals surface area (Å²) < 4.78 is 0.866. The van der Waals surface area contributed by atoms with Crippen LogP contribution in [0.5, 0.6) is 0 Å². The van der Waals surface area contributed by atoms with E-state index in [-0.39, 0.29) is 6.10 Å². The van der Waals surface area contributed by atoms with E-state index in [2.05, 4.69) is 25.9 Å². The number of hydrogen-bond acceptors (Lipinski definition) is 4. The number of aliphatic hydroxyl groups excluding tert-OH is 1. The van der Waals surface area contributed by atoms with E-state index < -0.39 is 0 Å². The lowest BCUT2D eigenvalue weighted by Gasteiger charge is -2.17. The van der Waals surface area contributed by atoms with Gasteiger partial charge in [0.1, 0.15) is 0 Å². The molecule has 0 saturated carbocycles. The molecule has 1 heterocycles. The molecule has 0 aliphatic heterocycles. The second kappa shape index (κ2) is 5.26. The van der Waals surface area contributed by atoms with E-state index >= 15 is 0 Å². The van der Waals surface area contributed by atoms with E-state index in [9.17, 15) is 0 Å². The Kier molecular flexibility index (Phi) is 4.28. The van der Waals surface area contributed by atoms with Gasteiger partial charge in [0.25, 0.3) is 0 Å². The molecule has 5 heteroatoms. The first kappa shape index (κ1) is 11.4. The molecule has 1 atom stereocenters. The normalized spacial score (nSPS) is 12.6. The maximum Gasteiger partial charge on any atom is 0.225 e. The van der Waals surface area contributed by atoms with E-state index in [1.54, 1.807) is 19.3 Å². The second-order valence-corrected chi connectivity index (χ2v) is 4.18. The van der Waals surface area contributed by atoms with Crippen molar-refractivity contribution in [2.24, 2.45) is 0 Å². The van der Waals surface area contributed by atoms with Crippen molar-refractivity contribution in [1.82, 2.24) is 9.97 Å². The summed E-state index contributed by atoms with van der Waals surface area (Å²) >= 11 is 3.27. The molecular formula is C9H14BrN3O. The molecule has 0 aromatic carbocycles. The summed E-state index contributed by atoms with van der Waals surface area (Å²) in [5, 5.41) is 9.12. The maximum absolute atomic E-state index is 9.12. The molecule has 1 unspecified atom stereocenters. The Hall–Kier alpha value is -0.680. The number of aromatic nitrogens is 2. The van der Waals surface area contributed by atoms with Crippen molar-refractivity contribution in [1.29, 1.82) is 0 Å². The van der Waals surface area contributed by atoms with Crippen LogP contribution in [0.25, 0.3) is 0 Å². The molecule has 14 heavy (non-hydrogen) atoms. The molecule has 0 aliphatic carbocycles. The van der Waals surface area contributed by atoms with Gasteiger partial charge in [-0.05, 0) is 29.3 Å². The fourth-order valence-electron chi connectivity index (χ4n) is 0.983. The summed E-state index contributed by atoms with van der Waals surface area (Å²) in [7, 11) is 1.91. The van der Waals surface area contributed by atoms with Crippen LogP contribution >= 0.6 is 15.9 Å². The van der Waals surface area contributed by atoms with Gasteiger partial charge in [0.2, 0.25) is 5.95 Å². The summed E-state index contributed by atoms with van der Waals surface area (Å²) in [4.78, 5) is 10.2. The number of aliphatic hydroxyl groups is 1. The topological polar surface area (TPSA) is 49.2 Å². The predicted molar refractivity (Wildman–Crippen MR) is 59.3 cm³/mol. The maximum atomic E-state index is 9.12. The predicted octanol–water partition coefficient (Wildman–Crippen LogP) is 1.45. The van der Waals surface area contributed by atoms with Crippen molar-refractivity contribution < 1.29 is 5.11 Å². The van der Waals surface area contributed by atoms with Crippen LogP contribution in [0.3, 0.4) is 0 Å². The molecule has 0 fully saturated rings. The SMILES string of the molecule is CC(O)CCN(C)c1ncc(Br)cn1. The first-order chi connectivity index (χ1) is 6.59. The first-order valence-electron chi connectivity index (χ1n) is 4.46. The van der Waals surface area contributed by atoms with E-state index in [0.717, 1.165) is 17.4 Å². The fraction of sp³-hybridized carbons (Fsp3) is 0.556. The van der Waals surface area contributed by atoms with Crippen molar-refractivity contribution in [3.05, 3.63) is 16.9 Å². The third-order valence-corrected chi connectivity index (χ3v) is 2.24. The summed E-state index contributed by atoms with van der Waals surface area (Å²) in [6, 6.07) is 0. The Morgan fingerprint density at radius 3 is 2.57 bits per heavy atom. The standard InChI is InChI=1S/C9H14BrN3O/c1-7(14)3-4-13(2)9-11-5-8(10)6-12-9/h5-7,14H,3-4H2,1-2H3. The Balaban J connectivity index is 2.52. The minimum Gasteiger partial charge on any atom is -0.393 e. The Morgan fingerprint density at radius 1 is 1.50 bits per heavy atom. The lowest BCUT2D eigenvalue weighted by atomic mass is 10.3. The number of anilines is 1. The minimum absolute atomic E-state index is 0.284. The van der Waals surface area contributed by atoms with Gasteiger partial charge in [-0.15, -0.1) is 0 Å². The molecule has 0 spiro atoms. The lowest BCUT2D eigenvalue weighted by molar-refractivity contribution is 0.186. The monoisotopic (exact) mass is 259 g/mol. The zero-order valence-corrected chi connectivity index (χ0v) is 9.90. The molecule has 0 aliphatic rings. The number of halogens is 1. The second-order valence-electron chi connectivity index (χ2n) is 3.26. The molecule has 1 aromatic rings. The Morgan fingerprint density at radius 2 is 2.07 bits per heavy atom. The molecular weight excluding hydrogens is 246 g/mol. The van der Waals surface area contributed by atoms with Crippen LogP contribution in [-0.2, 0) is 0 Å². The molecule has 1 rings (SSSR count). The van der Waals surface area contributed by atoms with Gasteiger partial charge in [-0.25, -0.2) is 9.97 Å². The molecule has 0 bridgehead atoms. The van der Waals surface area contributed by atoms with Gasteiger partial charge in [-0.3, -0.25) is 0 Å². The van der Waals surface area contributed by atoms with Crippen LogP contribution in [-0.4, -0.2) is 34.8 Å². The zero-order chi connectivity index (χ0) is 10.6.